The van der Waals surface area contributed by atoms with Crippen molar-refractivity contribution in [1.29, 1.82) is 0 Å². The normalized spacial score (nSPS) is 13.5. The van der Waals surface area contributed by atoms with Gasteiger partial charge in [0.15, 0.2) is 0 Å². The van der Waals surface area contributed by atoms with Crippen LogP contribution in [0.1, 0.15) is 65.5 Å². The number of ether oxygens (including phenoxy) is 3. The molecule has 1 N–H and O–H groups in total. The molecule has 6 heteroatoms. The average molecular weight is 436 g/mol. The van der Waals surface area contributed by atoms with Crippen LogP contribution in [0, 0.1) is 11.8 Å². The fourth-order valence-corrected chi connectivity index (χ4v) is 3.37. The molecule has 0 spiro atoms. The van der Waals surface area contributed by atoms with E-state index in [1.54, 1.807) is 27.9 Å². The van der Waals surface area contributed by atoms with Gasteiger partial charge in [-0.15, -0.1) is 0 Å². The van der Waals surface area contributed by atoms with Crippen LogP contribution in [0.3, 0.4) is 0 Å². The van der Waals surface area contributed by atoms with Crippen LogP contribution in [0.2, 0.25) is 0 Å². The van der Waals surface area contributed by atoms with E-state index in [1.807, 2.05) is 0 Å². The molecule has 1 amide bonds. The highest BCUT2D eigenvalue weighted by Crippen LogP contribution is 2.27. The Hall–Kier alpha value is -2.08. The van der Waals surface area contributed by atoms with Crippen LogP contribution in [0.15, 0.2) is 18.2 Å². The molecule has 0 aliphatic carbocycles. The van der Waals surface area contributed by atoms with Gasteiger partial charge in [-0.2, -0.15) is 0 Å². The fourth-order valence-electron chi connectivity index (χ4n) is 3.37. The maximum atomic E-state index is 12.1. The maximum absolute atomic E-state index is 12.1. The largest absolute Gasteiger partial charge is 0.493 e. The quantitative estimate of drug-likeness (QED) is 0.350. The van der Waals surface area contributed by atoms with Gasteiger partial charge in [0.1, 0.15) is 17.6 Å². The number of amides is 1. The van der Waals surface area contributed by atoms with E-state index in [4.69, 9.17) is 14.2 Å². The standard InChI is InChI=1S/C25H41NO5/c1-8-20-11-10-19(15-23(20)30-13-9-12-29-7)14-21(18(2)3)16-22(17-27)26-24(28)31-25(4,5)6/h10-11,15,17-18,21-22H,8-9,12-14,16H2,1-7H3,(H,26,28). The first-order chi connectivity index (χ1) is 14.6. The lowest BCUT2D eigenvalue weighted by molar-refractivity contribution is -0.110. The van der Waals surface area contributed by atoms with Crippen LogP contribution >= 0.6 is 0 Å². The molecule has 0 bridgehead atoms. The molecular formula is C25H41NO5. The highest BCUT2D eigenvalue weighted by atomic mass is 16.6. The lowest BCUT2D eigenvalue weighted by Crippen LogP contribution is -2.41. The molecule has 0 aliphatic rings. The lowest BCUT2D eigenvalue weighted by Gasteiger charge is -2.26. The number of aryl methyl sites for hydroxylation is 1. The molecule has 31 heavy (non-hydrogen) atoms. The first kappa shape index (κ1) is 27.0. The molecule has 6 nitrogen and oxygen atoms in total. The summed E-state index contributed by atoms with van der Waals surface area (Å²) in [6.07, 6.45) is 3.34. The minimum atomic E-state index is -0.602. The van der Waals surface area contributed by atoms with Crippen molar-refractivity contribution < 1.29 is 23.8 Å². The van der Waals surface area contributed by atoms with Gasteiger partial charge in [-0.1, -0.05) is 32.9 Å². The molecule has 1 rings (SSSR count). The molecule has 0 radical (unpaired) electrons. The van der Waals surface area contributed by atoms with Crippen LogP contribution in [0.4, 0.5) is 4.79 Å². The maximum Gasteiger partial charge on any atom is 0.408 e. The number of rotatable bonds is 13. The minimum absolute atomic E-state index is 0.221. The zero-order valence-corrected chi connectivity index (χ0v) is 20.3. The number of nitrogens with one attached hydrogen (secondary N) is 1. The highest BCUT2D eigenvalue weighted by Gasteiger charge is 2.24. The van der Waals surface area contributed by atoms with Gasteiger partial charge in [0, 0.05) is 20.1 Å². The summed E-state index contributed by atoms with van der Waals surface area (Å²) in [5, 5.41) is 2.70. The van der Waals surface area contributed by atoms with Gasteiger partial charge in [-0.3, -0.25) is 0 Å². The molecule has 0 fully saturated rings. The molecule has 2 unspecified atom stereocenters. The Bertz CT molecular complexity index is 681. The summed E-state index contributed by atoms with van der Waals surface area (Å²) in [5.41, 5.74) is 1.74. The zero-order valence-electron chi connectivity index (χ0n) is 20.3. The van der Waals surface area contributed by atoms with Crippen molar-refractivity contribution in [3.8, 4) is 5.75 Å². The van der Waals surface area contributed by atoms with Crippen LogP contribution in [-0.2, 0) is 27.1 Å². The average Bonchev–Trinajstić information content (AvgIpc) is 2.68. The second-order valence-corrected chi connectivity index (χ2v) is 9.32. The Labute approximate surface area is 188 Å². The van der Waals surface area contributed by atoms with Crippen molar-refractivity contribution in [1.82, 2.24) is 5.32 Å². The summed E-state index contributed by atoms with van der Waals surface area (Å²) in [7, 11) is 1.69. The van der Waals surface area contributed by atoms with E-state index in [2.05, 4.69) is 44.3 Å². The number of methoxy groups -OCH3 is 1. The van der Waals surface area contributed by atoms with E-state index in [0.29, 0.717) is 25.6 Å². The molecule has 176 valence electrons. The molecule has 0 aromatic heterocycles. The SMILES string of the molecule is CCc1ccc(CC(CC(C=O)NC(=O)OC(C)(C)C)C(C)C)cc1OCCCOC. The van der Waals surface area contributed by atoms with E-state index in [1.165, 1.54) is 11.1 Å². The van der Waals surface area contributed by atoms with Crippen molar-refractivity contribution >= 4 is 12.4 Å². The lowest BCUT2D eigenvalue weighted by atomic mass is 9.84. The molecular weight excluding hydrogens is 394 g/mol. The first-order valence-corrected chi connectivity index (χ1v) is 11.3. The monoisotopic (exact) mass is 435 g/mol. The minimum Gasteiger partial charge on any atom is -0.493 e. The van der Waals surface area contributed by atoms with Gasteiger partial charge < -0.3 is 24.3 Å². The van der Waals surface area contributed by atoms with E-state index in [0.717, 1.165) is 31.3 Å². The summed E-state index contributed by atoms with van der Waals surface area (Å²) in [6, 6.07) is 5.78. The van der Waals surface area contributed by atoms with Gasteiger partial charge in [0.25, 0.3) is 0 Å². The molecule has 0 heterocycles. The number of benzene rings is 1. The Morgan fingerprint density at radius 1 is 1.19 bits per heavy atom. The van der Waals surface area contributed by atoms with Crippen molar-refractivity contribution in [3.05, 3.63) is 29.3 Å². The smallest absolute Gasteiger partial charge is 0.408 e. The summed E-state index contributed by atoms with van der Waals surface area (Å²) < 4.78 is 16.4. The number of aldehydes is 1. The van der Waals surface area contributed by atoms with E-state index in [-0.39, 0.29) is 5.92 Å². The Kier molecular flexibility index (Phi) is 11.6. The number of hydrogen-bond acceptors (Lipinski definition) is 5. The predicted octanol–water partition coefficient (Wildman–Crippen LogP) is 4.96. The fraction of sp³-hybridized carbons (Fsp3) is 0.680. The number of carbonyl (C=O) groups is 2. The molecule has 0 aliphatic heterocycles. The molecule has 0 saturated carbocycles. The number of carbonyl (C=O) groups excluding carboxylic acids is 2. The van der Waals surface area contributed by atoms with E-state index in [9.17, 15) is 9.59 Å². The second-order valence-electron chi connectivity index (χ2n) is 9.32. The summed E-state index contributed by atoms with van der Waals surface area (Å²) in [5.74, 6) is 1.48. The summed E-state index contributed by atoms with van der Waals surface area (Å²) in [4.78, 5) is 23.7. The zero-order chi connectivity index (χ0) is 23.4. The predicted molar refractivity (Wildman–Crippen MR) is 124 cm³/mol. The van der Waals surface area contributed by atoms with Gasteiger partial charge >= 0.3 is 6.09 Å². The highest BCUT2D eigenvalue weighted by molar-refractivity contribution is 5.73. The van der Waals surface area contributed by atoms with Crippen LogP contribution < -0.4 is 10.1 Å². The van der Waals surface area contributed by atoms with Crippen LogP contribution in [-0.4, -0.2) is 44.3 Å². The third kappa shape index (κ3) is 10.7. The van der Waals surface area contributed by atoms with Crippen molar-refractivity contribution in [2.45, 2.75) is 78.9 Å². The molecule has 1 aromatic carbocycles. The molecule has 2 atom stereocenters. The summed E-state index contributed by atoms with van der Waals surface area (Å²) >= 11 is 0. The van der Waals surface area contributed by atoms with Crippen molar-refractivity contribution in [2.24, 2.45) is 11.8 Å². The summed E-state index contributed by atoms with van der Waals surface area (Å²) in [6.45, 7) is 13.1. The van der Waals surface area contributed by atoms with Gasteiger partial charge in [-0.05, 0) is 69.1 Å². The Balaban J connectivity index is 2.84. The van der Waals surface area contributed by atoms with Gasteiger partial charge in [0.2, 0.25) is 0 Å². The van der Waals surface area contributed by atoms with Gasteiger partial charge in [-0.25, -0.2) is 4.79 Å². The second kappa shape index (κ2) is 13.4. The van der Waals surface area contributed by atoms with E-state index >= 15 is 0 Å². The number of alkyl carbamates (subject to hydrolysis) is 1. The molecule has 0 saturated heterocycles. The first-order valence-electron chi connectivity index (χ1n) is 11.3. The molecule has 1 aromatic rings. The third-order valence-electron chi connectivity index (χ3n) is 5.13. The van der Waals surface area contributed by atoms with Crippen LogP contribution in [0.5, 0.6) is 5.75 Å². The third-order valence-corrected chi connectivity index (χ3v) is 5.13. The van der Waals surface area contributed by atoms with Crippen molar-refractivity contribution in [3.63, 3.8) is 0 Å². The topological polar surface area (TPSA) is 73.9 Å². The van der Waals surface area contributed by atoms with Crippen LogP contribution in [0.25, 0.3) is 0 Å². The van der Waals surface area contributed by atoms with Crippen molar-refractivity contribution in [2.75, 3.05) is 20.3 Å². The van der Waals surface area contributed by atoms with Gasteiger partial charge in [0.05, 0.1) is 12.6 Å². The van der Waals surface area contributed by atoms with E-state index < -0.39 is 17.7 Å². The Morgan fingerprint density at radius 2 is 1.90 bits per heavy atom. The Morgan fingerprint density at radius 3 is 2.45 bits per heavy atom. The number of hydrogen-bond donors (Lipinski definition) is 1.